The molecule has 0 amide bonds. The van der Waals surface area contributed by atoms with E-state index < -0.39 is 0 Å². The Hall–Kier alpha value is -3.05. The van der Waals surface area contributed by atoms with Gasteiger partial charge in [-0.2, -0.15) is 0 Å². The first-order valence-electron chi connectivity index (χ1n) is 10.6. The maximum absolute atomic E-state index is 5.32. The molecule has 4 aromatic rings. The summed E-state index contributed by atoms with van der Waals surface area (Å²) >= 11 is 0. The van der Waals surface area contributed by atoms with Crippen molar-refractivity contribution in [3.63, 3.8) is 0 Å². The molecule has 0 unspecified atom stereocenters. The molecular formula is C25H26N4O. The molecule has 0 N–H and O–H groups in total. The molecule has 3 aromatic heterocycles. The average Bonchev–Trinajstić information content (AvgIpc) is 3.33. The number of nitrogens with zero attached hydrogens (tertiary/aromatic N) is 4. The fourth-order valence-electron chi connectivity index (χ4n) is 4.53. The number of aromatic nitrogens is 3. The molecule has 0 bridgehead atoms. The van der Waals surface area contributed by atoms with Gasteiger partial charge in [-0.05, 0) is 63.4 Å². The van der Waals surface area contributed by atoms with E-state index in [1.54, 1.807) is 0 Å². The van der Waals surface area contributed by atoms with E-state index in [9.17, 15) is 0 Å². The maximum atomic E-state index is 5.32. The smallest absolute Gasteiger partial charge is 0.143 e. The molecule has 152 valence electrons. The lowest BCUT2D eigenvalue weighted by atomic mass is 10.0. The molecule has 0 saturated carbocycles. The Morgan fingerprint density at radius 2 is 1.87 bits per heavy atom. The largest absolute Gasteiger partial charge is 0.361 e. The monoisotopic (exact) mass is 398 g/mol. The van der Waals surface area contributed by atoms with Gasteiger partial charge < -0.3 is 4.52 Å². The SMILES string of the molecule is Cc1noc(C)c1-c1cccc(C[C@@H]2CCN(Cc3ccc4ccccc4n3)C2)n1. The predicted molar refractivity (Wildman–Crippen MR) is 118 cm³/mol. The zero-order chi connectivity index (χ0) is 20.5. The van der Waals surface area contributed by atoms with Gasteiger partial charge in [0.1, 0.15) is 5.76 Å². The molecule has 5 nitrogen and oxygen atoms in total. The Bertz CT molecular complexity index is 1160. The van der Waals surface area contributed by atoms with Crippen LogP contribution in [-0.2, 0) is 13.0 Å². The number of rotatable bonds is 5. The molecule has 5 rings (SSSR count). The summed E-state index contributed by atoms with van der Waals surface area (Å²) in [6.07, 6.45) is 2.20. The summed E-state index contributed by atoms with van der Waals surface area (Å²) in [6, 6.07) is 18.9. The van der Waals surface area contributed by atoms with Crippen LogP contribution in [0.4, 0.5) is 0 Å². The summed E-state index contributed by atoms with van der Waals surface area (Å²) in [4.78, 5) is 12.3. The summed E-state index contributed by atoms with van der Waals surface area (Å²) in [6.45, 7) is 7.03. The summed E-state index contributed by atoms with van der Waals surface area (Å²) in [5.41, 5.74) is 6.24. The van der Waals surface area contributed by atoms with Gasteiger partial charge in [-0.15, -0.1) is 0 Å². The van der Waals surface area contributed by atoms with Crippen molar-refractivity contribution < 1.29 is 4.52 Å². The van der Waals surface area contributed by atoms with E-state index in [1.165, 1.54) is 11.8 Å². The first kappa shape index (κ1) is 18.9. The van der Waals surface area contributed by atoms with Gasteiger partial charge in [0.05, 0.1) is 28.2 Å². The maximum Gasteiger partial charge on any atom is 0.143 e. The second-order valence-electron chi connectivity index (χ2n) is 8.30. The number of fused-ring (bicyclic) bond motifs is 1. The van der Waals surface area contributed by atoms with Crippen LogP contribution in [0.25, 0.3) is 22.2 Å². The van der Waals surface area contributed by atoms with Crippen LogP contribution in [0, 0.1) is 19.8 Å². The van der Waals surface area contributed by atoms with Crippen LogP contribution in [0.3, 0.4) is 0 Å². The number of benzene rings is 1. The van der Waals surface area contributed by atoms with E-state index in [4.69, 9.17) is 14.5 Å². The van der Waals surface area contributed by atoms with Gasteiger partial charge in [0.15, 0.2) is 0 Å². The molecule has 1 atom stereocenters. The van der Waals surface area contributed by atoms with Gasteiger partial charge in [-0.1, -0.05) is 35.5 Å². The summed E-state index contributed by atoms with van der Waals surface area (Å²) in [7, 11) is 0. The standard InChI is InChI=1S/C25H26N4O/c1-17-25(18(2)30-28-17)24-9-5-7-21(26-24)14-19-12-13-29(15-19)16-22-11-10-20-6-3-4-8-23(20)27-22/h3-11,19H,12-16H2,1-2H3/t19-/m0/s1. The number of pyridine rings is 2. The Labute approximate surface area is 176 Å². The zero-order valence-corrected chi connectivity index (χ0v) is 17.5. The Balaban J connectivity index is 1.25. The third-order valence-electron chi connectivity index (χ3n) is 6.01. The van der Waals surface area contributed by atoms with E-state index in [-0.39, 0.29) is 0 Å². The van der Waals surface area contributed by atoms with Crippen molar-refractivity contribution in [2.24, 2.45) is 5.92 Å². The quantitative estimate of drug-likeness (QED) is 0.475. The molecule has 1 saturated heterocycles. The van der Waals surface area contributed by atoms with Crippen molar-refractivity contribution in [1.82, 2.24) is 20.0 Å². The van der Waals surface area contributed by atoms with E-state index in [0.717, 1.165) is 65.7 Å². The van der Waals surface area contributed by atoms with Crippen molar-refractivity contribution >= 4 is 10.9 Å². The van der Waals surface area contributed by atoms with E-state index in [1.807, 2.05) is 19.9 Å². The van der Waals surface area contributed by atoms with Crippen molar-refractivity contribution in [3.05, 3.63) is 77.4 Å². The van der Waals surface area contributed by atoms with Crippen molar-refractivity contribution in [3.8, 4) is 11.3 Å². The molecule has 0 spiro atoms. The fraction of sp³-hybridized carbons (Fsp3) is 0.320. The predicted octanol–water partition coefficient (Wildman–Crippen LogP) is 4.97. The molecule has 5 heteroatoms. The lowest BCUT2D eigenvalue weighted by Gasteiger charge is -2.16. The molecule has 1 fully saturated rings. The van der Waals surface area contributed by atoms with Gasteiger partial charge >= 0.3 is 0 Å². The van der Waals surface area contributed by atoms with Gasteiger partial charge in [-0.3, -0.25) is 14.9 Å². The Morgan fingerprint density at radius 1 is 0.967 bits per heavy atom. The topological polar surface area (TPSA) is 55.1 Å². The fourth-order valence-corrected chi connectivity index (χ4v) is 4.53. The van der Waals surface area contributed by atoms with Crippen LogP contribution in [-0.4, -0.2) is 33.1 Å². The average molecular weight is 399 g/mol. The molecule has 0 aliphatic carbocycles. The van der Waals surface area contributed by atoms with E-state index >= 15 is 0 Å². The van der Waals surface area contributed by atoms with Crippen LogP contribution >= 0.6 is 0 Å². The zero-order valence-electron chi connectivity index (χ0n) is 17.5. The second kappa shape index (κ2) is 8.00. The highest BCUT2D eigenvalue weighted by atomic mass is 16.5. The first-order valence-corrected chi connectivity index (χ1v) is 10.6. The lowest BCUT2D eigenvalue weighted by molar-refractivity contribution is 0.312. The summed E-state index contributed by atoms with van der Waals surface area (Å²) in [5.74, 6) is 1.45. The van der Waals surface area contributed by atoms with Crippen molar-refractivity contribution in [1.29, 1.82) is 0 Å². The molecule has 1 aromatic carbocycles. The minimum Gasteiger partial charge on any atom is -0.361 e. The Morgan fingerprint density at radius 3 is 2.73 bits per heavy atom. The van der Waals surface area contributed by atoms with Crippen LogP contribution < -0.4 is 0 Å². The Kier molecular flexibility index (Phi) is 5.05. The number of para-hydroxylation sites is 1. The lowest BCUT2D eigenvalue weighted by Crippen LogP contribution is -2.21. The van der Waals surface area contributed by atoms with Crippen LogP contribution in [0.5, 0.6) is 0 Å². The van der Waals surface area contributed by atoms with Gasteiger partial charge in [-0.25, -0.2) is 0 Å². The normalized spacial score (nSPS) is 17.1. The highest BCUT2D eigenvalue weighted by Gasteiger charge is 2.24. The molecular weight excluding hydrogens is 372 g/mol. The molecule has 1 aliphatic heterocycles. The first-order chi connectivity index (χ1) is 14.7. The second-order valence-corrected chi connectivity index (χ2v) is 8.30. The summed E-state index contributed by atoms with van der Waals surface area (Å²) in [5, 5.41) is 5.27. The third kappa shape index (κ3) is 3.85. The van der Waals surface area contributed by atoms with Crippen molar-refractivity contribution in [2.75, 3.05) is 13.1 Å². The number of aryl methyl sites for hydroxylation is 2. The van der Waals surface area contributed by atoms with Gasteiger partial charge in [0, 0.05) is 24.2 Å². The van der Waals surface area contributed by atoms with Gasteiger partial charge in [0.25, 0.3) is 0 Å². The third-order valence-corrected chi connectivity index (χ3v) is 6.01. The minimum absolute atomic E-state index is 0.623. The molecule has 4 heterocycles. The summed E-state index contributed by atoms with van der Waals surface area (Å²) < 4.78 is 5.32. The highest BCUT2D eigenvalue weighted by molar-refractivity contribution is 5.78. The number of likely N-dealkylation sites (tertiary alicyclic amines) is 1. The molecule has 0 radical (unpaired) electrons. The van der Waals surface area contributed by atoms with Gasteiger partial charge in [0.2, 0.25) is 0 Å². The van der Waals surface area contributed by atoms with E-state index in [0.29, 0.717) is 5.92 Å². The van der Waals surface area contributed by atoms with E-state index in [2.05, 4.69) is 58.6 Å². The van der Waals surface area contributed by atoms with Crippen LogP contribution in [0.2, 0.25) is 0 Å². The number of hydrogen-bond donors (Lipinski definition) is 0. The van der Waals surface area contributed by atoms with Crippen LogP contribution in [0.1, 0.15) is 29.3 Å². The number of hydrogen-bond acceptors (Lipinski definition) is 5. The minimum atomic E-state index is 0.623. The highest BCUT2D eigenvalue weighted by Crippen LogP contribution is 2.27. The molecule has 30 heavy (non-hydrogen) atoms. The molecule has 1 aliphatic rings. The van der Waals surface area contributed by atoms with Crippen molar-refractivity contribution in [2.45, 2.75) is 33.2 Å². The van der Waals surface area contributed by atoms with Crippen LogP contribution in [0.15, 0.2) is 59.1 Å².